The van der Waals surface area contributed by atoms with Gasteiger partial charge in [0.05, 0.1) is 0 Å². The molecule has 0 aromatic heterocycles. The highest BCUT2D eigenvalue weighted by molar-refractivity contribution is 5.95. The number of amidine groups is 1. The summed E-state index contributed by atoms with van der Waals surface area (Å²) in [6.07, 6.45) is 2.49. The average molecular weight is 396 g/mol. The summed E-state index contributed by atoms with van der Waals surface area (Å²) in [6, 6.07) is 11.5. The minimum atomic E-state index is -0.978. The van der Waals surface area contributed by atoms with E-state index in [9.17, 15) is 9.90 Å². The number of hydrogen-bond donors (Lipinski definition) is 4. The van der Waals surface area contributed by atoms with Gasteiger partial charge in [-0.25, -0.2) is 4.79 Å². The summed E-state index contributed by atoms with van der Waals surface area (Å²) in [5.41, 5.74) is 8.27. The van der Waals surface area contributed by atoms with Crippen LogP contribution in [0, 0.1) is 12.3 Å². The Hall–Kier alpha value is -3.06. The van der Waals surface area contributed by atoms with Crippen molar-refractivity contribution in [2.24, 2.45) is 5.73 Å². The number of ether oxygens (including phenoxy) is 1. The topological polar surface area (TPSA) is 112 Å². The van der Waals surface area contributed by atoms with Crippen LogP contribution >= 0.6 is 0 Å². The number of carboxylic acid groups (broad SMARTS) is 1. The number of hydrogen-bond acceptors (Lipinski definition) is 5. The molecule has 0 bridgehead atoms. The van der Waals surface area contributed by atoms with Crippen LogP contribution in [-0.4, -0.2) is 48.1 Å². The van der Waals surface area contributed by atoms with Crippen molar-refractivity contribution in [1.29, 1.82) is 5.41 Å². The number of aryl methyl sites for hydroxylation is 1. The van der Waals surface area contributed by atoms with E-state index in [0.717, 1.165) is 25.2 Å². The molecule has 3 rings (SSSR count). The van der Waals surface area contributed by atoms with Crippen molar-refractivity contribution in [3.05, 3.63) is 59.2 Å². The van der Waals surface area contributed by atoms with E-state index in [1.54, 1.807) is 30.3 Å². The highest BCUT2D eigenvalue weighted by atomic mass is 16.5. The molecule has 1 heterocycles. The summed E-state index contributed by atoms with van der Waals surface area (Å²) >= 11 is 0. The highest BCUT2D eigenvalue weighted by Gasteiger charge is 2.21. The van der Waals surface area contributed by atoms with Crippen LogP contribution in [0.15, 0.2) is 42.5 Å². The van der Waals surface area contributed by atoms with E-state index in [2.05, 4.69) is 10.2 Å². The van der Waals surface area contributed by atoms with Crippen molar-refractivity contribution in [3.8, 4) is 5.75 Å². The molecule has 1 saturated heterocycles. The molecule has 0 radical (unpaired) electrons. The predicted octanol–water partition coefficient (Wildman–Crippen LogP) is 2.99. The van der Waals surface area contributed by atoms with E-state index >= 15 is 0 Å². The van der Waals surface area contributed by atoms with Crippen molar-refractivity contribution in [1.82, 2.24) is 4.90 Å². The second kappa shape index (κ2) is 9.43. The minimum absolute atomic E-state index is 0.0271. The molecule has 1 unspecified atom stereocenters. The Morgan fingerprint density at radius 2 is 1.93 bits per heavy atom. The smallest absolute Gasteiger partial charge is 0.330 e. The van der Waals surface area contributed by atoms with E-state index < -0.39 is 12.0 Å². The lowest BCUT2D eigenvalue weighted by Crippen LogP contribution is -2.25. The molecule has 154 valence electrons. The number of carboxylic acids is 1. The SMILES string of the molecule is Cc1cc(OCCN2CCCC2)cc(C(Nc2ccc(C(=N)N)cc2)C(=O)O)c1. The highest BCUT2D eigenvalue weighted by Crippen LogP contribution is 2.26. The van der Waals surface area contributed by atoms with Gasteiger partial charge in [0.1, 0.15) is 18.2 Å². The number of nitrogen functional groups attached to an aromatic ring is 1. The van der Waals surface area contributed by atoms with Crippen LogP contribution in [0.2, 0.25) is 0 Å². The Morgan fingerprint density at radius 3 is 2.55 bits per heavy atom. The van der Waals surface area contributed by atoms with Crippen LogP contribution in [0.4, 0.5) is 5.69 Å². The number of rotatable bonds is 9. The van der Waals surface area contributed by atoms with E-state index in [-0.39, 0.29) is 5.84 Å². The fourth-order valence-electron chi connectivity index (χ4n) is 3.53. The molecule has 2 aromatic rings. The second-order valence-corrected chi connectivity index (χ2v) is 7.38. The fraction of sp³-hybridized carbons (Fsp3) is 0.364. The molecule has 29 heavy (non-hydrogen) atoms. The Kier molecular flexibility index (Phi) is 6.72. The molecule has 1 fully saturated rings. The second-order valence-electron chi connectivity index (χ2n) is 7.38. The molecule has 0 spiro atoms. The lowest BCUT2D eigenvalue weighted by molar-refractivity contribution is -0.138. The third-order valence-electron chi connectivity index (χ3n) is 5.04. The van der Waals surface area contributed by atoms with Crippen LogP contribution < -0.4 is 15.8 Å². The monoisotopic (exact) mass is 396 g/mol. The molecular formula is C22H28N4O3. The molecule has 7 heteroatoms. The van der Waals surface area contributed by atoms with Gasteiger partial charge >= 0.3 is 5.97 Å². The average Bonchev–Trinajstić information content (AvgIpc) is 3.19. The van der Waals surface area contributed by atoms with Crippen molar-refractivity contribution in [2.45, 2.75) is 25.8 Å². The van der Waals surface area contributed by atoms with E-state index in [1.165, 1.54) is 12.8 Å². The molecule has 1 atom stereocenters. The predicted molar refractivity (Wildman–Crippen MR) is 114 cm³/mol. The Balaban J connectivity index is 1.71. The van der Waals surface area contributed by atoms with Crippen molar-refractivity contribution in [3.63, 3.8) is 0 Å². The van der Waals surface area contributed by atoms with Crippen molar-refractivity contribution < 1.29 is 14.6 Å². The largest absolute Gasteiger partial charge is 0.492 e. The summed E-state index contributed by atoms with van der Waals surface area (Å²) in [7, 11) is 0. The molecule has 7 nitrogen and oxygen atoms in total. The number of benzene rings is 2. The normalized spacial score (nSPS) is 15.1. The maximum absolute atomic E-state index is 11.9. The van der Waals surface area contributed by atoms with Gasteiger partial charge in [0.2, 0.25) is 0 Å². The fourth-order valence-corrected chi connectivity index (χ4v) is 3.53. The molecule has 0 aliphatic carbocycles. The number of likely N-dealkylation sites (tertiary alicyclic amines) is 1. The summed E-state index contributed by atoms with van der Waals surface area (Å²) in [4.78, 5) is 14.3. The van der Waals surface area contributed by atoms with Crippen LogP contribution in [0.3, 0.4) is 0 Å². The Labute approximate surface area is 171 Å². The van der Waals surface area contributed by atoms with E-state index in [1.807, 2.05) is 19.1 Å². The zero-order valence-electron chi connectivity index (χ0n) is 16.6. The first-order valence-corrected chi connectivity index (χ1v) is 9.83. The molecule has 5 N–H and O–H groups in total. The van der Waals surface area contributed by atoms with Gasteiger partial charge < -0.3 is 20.9 Å². The first-order chi connectivity index (χ1) is 13.9. The van der Waals surface area contributed by atoms with E-state index in [0.29, 0.717) is 29.2 Å². The molecular weight excluding hydrogens is 368 g/mol. The van der Waals surface area contributed by atoms with Gasteiger partial charge in [0, 0.05) is 17.8 Å². The number of aliphatic carboxylic acids is 1. The maximum Gasteiger partial charge on any atom is 0.330 e. The van der Waals surface area contributed by atoms with Crippen molar-refractivity contribution >= 4 is 17.5 Å². The summed E-state index contributed by atoms with van der Waals surface area (Å²) in [5.74, 6) is -0.325. The van der Waals surface area contributed by atoms with Gasteiger partial charge in [-0.05, 0) is 80.4 Å². The molecule has 0 amide bonds. The first-order valence-electron chi connectivity index (χ1n) is 9.83. The van der Waals surface area contributed by atoms with Gasteiger partial charge in [0.15, 0.2) is 6.04 Å². The summed E-state index contributed by atoms with van der Waals surface area (Å²) < 4.78 is 5.91. The van der Waals surface area contributed by atoms with Gasteiger partial charge in [-0.2, -0.15) is 0 Å². The third-order valence-corrected chi connectivity index (χ3v) is 5.04. The van der Waals surface area contributed by atoms with Gasteiger partial charge in [-0.3, -0.25) is 10.3 Å². The van der Waals surface area contributed by atoms with Crippen LogP contribution in [-0.2, 0) is 4.79 Å². The Bertz CT molecular complexity index is 861. The summed E-state index contributed by atoms with van der Waals surface area (Å²) in [6.45, 7) is 5.63. The third kappa shape index (κ3) is 5.71. The molecule has 1 aliphatic heterocycles. The van der Waals surface area contributed by atoms with Gasteiger partial charge in [-0.1, -0.05) is 6.07 Å². The zero-order valence-corrected chi connectivity index (χ0v) is 16.6. The minimum Gasteiger partial charge on any atom is -0.492 e. The number of anilines is 1. The number of nitrogens with zero attached hydrogens (tertiary/aromatic N) is 1. The zero-order chi connectivity index (χ0) is 20.8. The quantitative estimate of drug-likeness (QED) is 0.383. The van der Waals surface area contributed by atoms with Crippen LogP contribution in [0.1, 0.15) is 35.6 Å². The lowest BCUT2D eigenvalue weighted by Gasteiger charge is -2.19. The van der Waals surface area contributed by atoms with Crippen LogP contribution in [0.5, 0.6) is 5.75 Å². The number of nitrogens with two attached hydrogens (primary N) is 1. The van der Waals surface area contributed by atoms with Crippen molar-refractivity contribution in [2.75, 3.05) is 31.6 Å². The summed E-state index contributed by atoms with van der Waals surface area (Å²) in [5, 5.41) is 20.3. The number of nitrogens with one attached hydrogen (secondary N) is 2. The molecule has 0 saturated carbocycles. The molecule has 1 aliphatic rings. The van der Waals surface area contributed by atoms with Crippen LogP contribution in [0.25, 0.3) is 0 Å². The Morgan fingerprint density at radius 1 is 1.24 bits per heavy atom. The standard InChI is InChI=1S/C22H28N4O3/c1-15-12-17(14-19(13-15)29-11-10-26-8-2-3-9-26)20(22(27)28)25-18-6-4-16(5-7-18)21(23)24/h4-7,12-14,20,25H,2-3,8-11H2,1H3,(H3,23,24)(H,27,28). The maximum atomic E-state index is 11.9. The van der Waals surface area contributed by atoms with Gasteiger partial charge in [-0.15, -0.1) is 0 Å². The van der Waals surface area contributed by atoms with Gasteiger partial charge in [0.25, 0.3) is 0 Å². The molecule has 2 aromatic carbocycles. The lowest BCUT2D eigenvalue weighted by atomic mass is 10.0. The first kappa shape index (κ1) is 20.7. The van der Waals surface area contributed by atoms with E-state index in [4.69, 9.17) is 15.9 Å². The number of carbonyl (C=O) groups is 1.